The van der Waals surface area contributed by atoms with Crippen LogP contribution in [-0.2, 0) is 20.9 Å². The highest BCUT2D eigenvalue weighted by Crippen LogP contribution is 2.09. The molecule has 5 heteroatoms. The zero-order valence-electron chi connectivity index (χ0n) is 13.1. The second-order valence-electron chi connectivity index (χ2n) is 5.73. The zero-order valence-corrected chi connectivity index (χ0v) is 13.1. The quantitative estimate of drug-likeness (QED) is 0.736. The summed E-state index contributed by atoms with van der Waals surface area (Å²) in [5, 5.41) is 2.94. The van der Waals surface area contributed by atoms with E-state index in [0.29, 0.717) is 26.2 Å². The van der Waals surface area contributed by atoms with Gasteiger partial charge in [0.1, 0.15) is 5.92 Å². The van der Waals surface area contributed by atoms with Crippen LogP contribution >= 0.6 is 0 Å². The molecular weight excluding hydrogens is 280 g/mol. The number of piperidine rings is 1. The summed E-state index contributed by atoms with van der Waals surface area (Å²) >= 11 is 0. The van der Waals surface area contributed by atoms with Crippen molar-refractivity contribution in [3.8, 4) is 0 Å². The number of rotatable bonds is 6. The molecule has 1 aliphatic heterocycles. The number of nitrogens with one attached hydrogen (secondary N) is 2. The minimum atomic E-state index is -0.121. The molecule has 1 amide bonds. The van der Waals surface area contributed by atoms with Gasteiger partial charge < -0.3 is 15.0 Å². The Morgan fingerprint density at radius 1 is 1.32 bits per heavy atom. The Hall–Kier alpha value is -1.88. The first kappa shape index (κ1) is 16.5. The average Bonchev–Trinajstić information content (AvgIpc) is 2.54. The molecule has 1 unspecified atom stereocenters. The molecule has 0 aromatic heterocycles. The Kier molecular flexibility index (Phi) is 6.40. The molecule has 120 valence electrons. The standard InChI is InChI=1S/C17H24N2O3/c1-2-22-17(21)15-9-6-10-19(12-15)13-16(20)18-11-14-7-4-3-5-8-14/h3-5,7-8,15H,2,6,9-13H2,1H3,(H,18,20)/p+1/t15-/m0/s1. The molecule has 22 heavy (non-hydrogen) atoms. The van der Waals surface area contributed by atoms with Gasteiger partial charge in [-0.1, -0.05) is 30.3 Å². The van der Waals surface area contributed by atoms with Crippen molar-refractivity contribution in [3.05, 3.63) is 35.9 Å². The van der Waals surface area contributed by atoms with E-state index in [1.807, 2.05) is 37.3 Å². The van der Waals surface area contributed by atoms with E-state index in [2.05, 4.69) is 5.32 Å². The minimum absolute atomic E-state index is 0.0309. The number of ether oxygens (including phenoxy) is 1. The van der Waals surface area contributed by atoms with Gasteiger partial charge in [0, 0.05) is 6.54 Å². The molecule has 1 aliphatic rings. The van der Waals surface area contributed by atoms with Crippen LogP contribution in [0.25, 0.3) is 0 Å². The van der Waals surface area contributed by atoms with Crippen LogP contribution in [0, 0.1) is 5.92 Å². The van der Waals surface area contributed by atoms with Crippen molar-refractivity contribution >= 4 is 11.9 Å². The predicted molar refractivity (Wildman–Crippen MR) is 83.2 cm³/mol. The third-order valence-electron chi connectivity index (χ3n) is 3.98. The molecule has 5 nitrogen and oxygen atoms in total. The van der Waals surface area contributed by atoms with Gasteiger partial charge in [0.05, 0.1) is 19.7 Å². The number of carbonyl (C=O) groups is 2. The lowest BCUT2D eigenvalue weighted by Gasteiger charge is -2.28. The smallest absolute Gasteiger partial charge is 0.314 e. The van der Waals surface area contributed by atoms with Crippen LogP contribution in [0.15, 0.2) is 30.3 Å². The third-order valence-corrected chi connectivity index (χ3v) is 3.98. The molecule has 1 aromatic rings. The minimum Gasteiger partial charge on any atom is -0.466 e. The molecule has 0 saturated carbocycles. The second kappa shape index (κ2) is 8.54. The van der Waals surface area contributed by atoms with Crippen molar-refractivity contribution in [1.29, 1.82) is 0 Å². The highest BCUT2D eigenvalue weighted by molar-refractivity contribution is 5.77. The first-order chi connectivity index (χ1) is 10.7. The number of quaternary nitrogens is 1. The monoisotopic (exact) mass is 305 g/mol. The summed E-state index contributed by atoms with van der Waals surface area (Å²) in [6.07, 6.45) is 1.83. The normalized spacial score (nSPS) is 21.1. The first-order valence-electron chi connectivity index (χ1n) is 8.00. The maximum atomic E-state index is 12.0. The van der Waals surface area contributed by atoms with Crippen LogP contribution in [0.3, 0.4) is 0 Å². The molecule has 2 atom stereocenters. The number of likely N-dealkylation sites (tertiary alicyclic amines) is 1. The lowest BCUT2D eigenvalue weighted by Crippen LogP contribution is -3.14. The summed E-state index contributed by atoms with van der Waals surface area (Å²) in [4.78, 5) is 25.0. The van der Waals surface area contributed by atoms with Crippen LogP contribution in [0.1, 0.15) is 25.3 Å². The van der Waals surface area contributed by atoms with E-state index in [0.717, 1.165) is 29.8 Å². The fraction of sp³-hybridized carbons (Fsp3) is 0.529. The maximum absolute atomic E-state index is 12.0. The van der Waals surface area contributed by atoms with E-state index in [1.54, 1.807) is 0 Å². The molecule has 2 N–H and O–H groups in total. The molecule has 0 radical (unpaired) electrons. The van der Waals surface area contributed by atoms with Crippen LogP contribution < -0.4 is 10.2 Å². The summed E-state index contributed by atoms with van der Waals surface area (Å²) in [5.74, 6) is -0.154. The zero-order chi connectivity index (χ0) is 15.8. The van der Waals surface area contributed by atoms with Gasteiger partial charge in [0.2, 0.25) is 0 Å². The molecule has 0 bridgehead atoms. The number of hydrogen-bond acceptors (Lipinski definition) is 3. The molecular formula is C17H25N2O3+. The van der Waals surface area contributed by atoms with Gasteiger partial charge in [-0.3, -0.25) is 9.59 Å². The Labute approximate surface area is 131 Å². The SMILES string of the molecule is CCOC(=O)[C@H]1CCC[NH+](CC(=O)NCc2ccccc2)C1. The van der Waals surface area contributed by atoms with Gasteiger partial charge in [0.25, 0.3) is 5.91 Å². The van der Waals surface area contributed by atoms with Crippen molar-refractivity contribution in [2.45, 2.75) is 26.3 Å². The van der Waals surface area contributed by atoms with Gasteiger partial charge in [0.15, 0.2) is 6.54 Å². The van der Waals surface area contributed by atoms with Gasteiger partial charge >= 0.3 is 5.97 Å². The Bertz CT molecular complexity index is 490. The largest absolute Gasteiger partial charge is 0.466 e. The van der Waals surface area contributed by atoms with E-state index in [9.17, 15) is 9.59 Å². The third kappa shape index (κ3) is 5.15. The summed E-state index contributed by atoms with van der Waals surface area (Å²) in [7, 11) is 0. The van der Waals surface area contributed by atoms with E-state index in [1.165, 1.54) is 0 Å². The number of esters is 1. The molecule has 1 saturated heterocycles. The Morgan fingerprint density at radius 3 is 2.82 bits per heavy atom. The first-order valence-corrected chi connectivity index (χ1v) is 8.00. The summed E-state index contributed by atoms with van der Waals surface area (Å²) in [6.45, 7) is 4.84. The highest BCUT2D eigenvalue weighted by Gasteiger charge is 2.30. The highest BCUT2D eigenvalue weighted by atomic mass is 16.5. The van der Waals surface area contributed by atoms with Gasteiger partial charge in [-0.15, -0.1) is 0 Å². The molecule has 2 rings (SSSR count). The summed E-state index contributed by atoms with van der Waals surface area (Å²) < 4.78 is 5.09. The number of benzene rings is 1. The molecule has 0 aliphatic carbocycles. The van der Waals surface area contributed by atoms with E-state index < -0.39 is 0 Å². The van der Waals surface area contributed by atoms with E-state index >= 15 is 0 Å². The molecule has 1 aromatic carbocycles. The van der Waals surface area contributed by atoms with E-state index in [4.69, 9.17) is 4.74 Å². The predicted octanol–water partition coefficient (Wildman–Crippen LogP) is 0.161. The topological polar surface area (TPSA) is 59.8 Å². The van der Waals surface area contributed by atoms with Crippen molar-refractivity contribution in [3.63, 3.8) is 0 Å². The second-order valence-corrected chi connectivity index (χ2v) is 5.73. The lowest BCUT2D eigenvalue weighted by atomic mass is 9.98. The Balaban J connectivity index is 1.75. The molecule has 0 spiro atoms. The fourth-order valence-electron chi connectivity index (χ4n) is 2.86. The molecule has 1 fully saturated rings. The van der Waals surface area contributed by atoms with Crippen LogP contribution in [0.4, 0.5) is 0 Å². The van der Waals surface area contributed by atoms with Crippen molar-refractivity contribution in [1.82, 2.24) is 5.32 Å². The van der Waals surface area contributed by atoms with Crippen LogP contribution in [-0.4, -0.2) is 38.1 Å². The van der Waals surface area contributed by atoms with Crippen molar-refractivity contribution in [2.75, 3.05) is 26.2 Å². The Morgan fingerprint density at radius 2 is 2.09 bits per heavy atom. The molecule has 1 heterocycles. The van der Waals surface area contributed by atoms with Gasteiger partial charge in [-0.2, -0.15) is 0 Å². The number of hydrogen-bond donors (Lipinski definition) is 2. The summed E-state index contributed by atoms with van der Waals surface area (Å²) in [6, 6.07) is 9.86. The van der Waals surface area contributed by atoms with Crippen molar-refractivity contribution < 1.29 is 19.2 Å². The number of amides is 1. The van der Waals surface area contributed by atoms with E-state index in [-0.39, 0.29) is 17.8 Å². The lowest BCUT2D eigenvalue weighted by molar-refractivity contribution is -0.899. The van der Waals surface area contributed by atoms with Crippen LogP contribution in [0.5, 0.6) is 0 Å². The average molecular weight is 305 g/mol. The van der Waals surface area contributed by atoms with Crippen LogP contribution in [0.2, 0.25) is 0 Å². The number of carbonyl (C=O) groups excluding carboxylic acids is 2. The van der Waals surface area contributed by atoms with Gasteiger partial charge in [-0.25, -0.2) is 0 Å². The maximum Gasteiger partial charge on any atom is 0.314 e. The van der Waals surface area contributed by atoms with Crippen molar-refractivity contribution in [2.24, 2.45) is 5.92 Å². The fourth-order valence-corrected chi connectivity index (χ4v) is 2.86. The summed E-state index contributed by atoms with van der Waals surface area (Å²) in [5.41, 5.74) is 1.09. The van der Waals surface area contributed by atoms with Gasteiger partial charge in [-0.05, 0) is 25.3 Å².